The summed E-state index contributed by atoms with van der Waals surface area (Å²) in [4.78, 5) is 4.27. The number of imidazole rings is 1. The molecule has 0 fully saturated rings. The van der Waals surface area contributed by atoms with E-state index in [0.717, 1.165) is 12.2 Å². The molecule has 17 heavy (non-hydrogen) atoms. The van der Waals surface area contributed by atoms with Gasteiger partial charge in [0.2, 0.25) is 0 Å². The third kappa shape index (κ3) is 4.12. The largest absolute Gasteiger partial charge is 0.337 e. The number of hydrogen-bond donors (Lipinski definition) is 1. The van der Waals surface area contributed by atoms with Crippen molar-refractivity contribution in [2.45, 2.75) is 25.8 Å². The second-order valence-electron chi connectivity index (χ2n) is 4.12. The fourth-order valence-electron chi connectivity index (χ4n) is 1.77. The predicted molar refractivity (Wildman–Crippen MR) is 68.6 cm³/mol. The van der Waals surface area contributed by atoms with Crippen LogP contribution in [-0.2, 0) is 16.9 Å². The number of aryl methyl sites for hydroxylation is 1. The van der Waals surface area contributed by atoms with E-state index in [2.05, 4.69) is 10.3 Å². The van der Waals surface area contributed by atoms with E-state index >= 15 is 0 Å². The Bertz CT molecular complexity index is 439. The molecule has 98 valence electrons. The van der Waals surface area contributed by atoms with Crippen molar-refractivity contribution < 1.29 is 8.42 Å². The van der Waals surface area contributed by atoms with Gasteiger partial charge in [0.15, 0.2) is 0 Å². The molecule has 0 aliphatic carbocycles. The van der Waals surface area contributed by atoms with Crippen LogP contribution in [-0.4, -0.2) is 36.5 Å². The van der Waals surface area contributed by atoms with E-state index in [9.17, 15) is 8.42 Å². The summed E-state index contributed by atoms with van der Waals surface area (Å²) in [5, 5.41) is 3.17. The Hall–Kier alpha value is -0.880. The summed E-state index contributed by atoms with van der Waals surface area (Å²) >= 11 is 0. The van der Waals surface area contributed by atoms with Crippen LogP contribution in [0.2, 0.25) is 0 Å². The second kappa shape index (κ2) is 6.16. The van der Waals surface area contributed by atoms with Crippen LogP contribution in [0, 0.1) is 0 Å². The van der Waals surface area contributed by atoms with Crippen molar-refractivity contribution in [3.63, 3.8) is 0 Å². The van der Waals surface area contributed by atoms with E-state index in [-0.39, 0.29) is 17.5 Å². The lowest BCUT2D eigenvalue weighted by molar-refractivity contribution is 0.497. The first kappa shape index (κ1) is 14.2. The standard InChI is InChI=1S/C11H21N3O2S/c1-4-17(15,16)9-5-6-10(12-2)11-13-7-8-14(11)3/h7-8,10,12H,4-6,9H2,1-3H3. The Morgan fingerprint density at radius 1 is 1.53 bits per heavy atom. The number of aromatic nitrogens is 2. The van der Waals surface area contributed by atoms with E-state index in [4.69, 9.17) is 0 Å². The molecule has 0 aliphatic heterocycles. The van der Waals surface area contributed by atoms with E-state index in [1.165, 1.54) is 0 Å². The van der Waals surface area contributed by atoms with Gasteiger partial charge in [0, 0.05) is 25.2 Å². The van der Waals surface area contributed by atoms with Crippen molar-refractivity contribution in [3.8, 4) is 0 Å². The first-order chi connectivity index (χ1) is 8.00. The highest BCUT2D eigenvalue weighted by Gasteiger charge is 2.15. The highest BCUT2D eigenvalue weighted by atomic mass is 32.2. The van der Waals surface area contributed by atoms with Gasteiger partial charge in [-0.1, -0.05) is 6.92 Å². The summed E-state index contributed by atoms with van der Waals surface area (Å²) in [6.45, 7) is 1.68. The van der Waals surface area contributed by atoms with Crippen LogP contribution in [0.3, 0.4) is 0 Å². The average Bonchev–Trinajstić information content (AvgIpc) is 2.71. The Morgan fingerprint density at radius 3 is 2.71 bits per heavy atom. The van der Waals surface area contributed by atoms with Gasteiger partial charge in [-0.25, -0.2) is 13.4 Å². The van der Waals surface area contributed by atoms with Gasteiger partial charge in [-0.3, -0.25) is 0 Å². The first-order valence-corrected chi connectivity index (χ1v) is 7.67. The van der Waals surface area contributed by atoms with E-state index in [0.29, 0.717) is 6.42 Å². The molecule has 0 aliphatic rings. The van der Waals surface area contributed by atoms with E-state index in [1.54, 1.807) is 13.1 Å². The molecule has 0 radical (unpaired) electrons. The van der Waals surface area contributed by atoms with Crippen LogP contribution in [0.5, 0.6) is 0 Å². The Labute approximate surface area is 103 Å². The van der Waals surface area contributed by atoms with E-state index in [1.807, 2.05) is 24.9 Å². The van der Waals surface area contributed by atoms with Crippen LogP contribution >= 0.6 is 0 Å². The topological polar surface area (TPSA) is 64.0 Å². The number of nitrogens with one attached hydrogen (secondary N) is 1. The summed E-state index contributed by atoms with van der Waals surface area (Å²) in [5.74, 6) is 1.42. The molecular weight excluding hydrogens is 238 g/mol. The van der Waals surface area contributed by atoms with Crippen molar-refractivity contribution in [1.82, 2.24) is 14.9 Å². The zero-order valence-corrected chi connectivity index (χ0v) is 11.5. The molecule has 0 aromatic carbocycles. The molecule has 0 spiro atoms. The predicted octanol–water partition coefficient (Wildman–Crippen LogP) is 0.895. The molecule has 0 saturated carbocycles. The van der Waals surface area contributed by atoms with Gasteiger partial charge in [0.05, 0.1) is 11.8 Å². The van der Waals surface area contributed by atoms with Crippen molar-refractivity contribution in [2.24, 2.45) is 7.05 Å². The Kier molecular flexibility index (Phi) is 5.14. The Morgan fingerprint density at radius 2 is 2.24 bits per heavy atom. The molecule has 1 aromatic rings. The monoisotopic (exact) mass is 259 g/mol. The van der Waals surface area contributed by atoms with Gasteiger partial charge in [-0.2, -0.15) is 0 Å². The summed E-state index contributed by atoms with van der Waals surface area (Å²) in [6, 6.07) is 0.113. The highest BCUT2D eigenvalue weighted by molar-refractivity contribution is 7.91. The lowest BCUT2D eigenvalue weighted by Crippen LogP contribution is -2.21. The van der Waals surface area contributed by atoms with Gasteiger partial charge in [-0.15, -0.1) is 0 Å². The van der Waals surface area contributed by atoms with Crippen LogP contribution in [0.25, 0.3) is 0 Å². The summed E-state index contributed by atoms with van der Waals surface area (Å²) in [5.41, 5.74) is 0. The van der Waals surface area contributed by atoms with Gasteiger partial charge in [0.1, 0.15) is 15.7 Å². The molecule has 6 heteroatoms. The maximum absolute atomic E-state index is 11.4. The van der Waals surface area contributed by atoms with Crippen molar-refractivity contribution in [3.05, 3.63) is 18.2 Å². The summed E-state index contributed by atoms with van der Waals surface area (Å²) < 4.78 is 24.7. The highest BCUT2D eigenvalue weighted by Crippen LogP contribution is 2.16. The molecule has 0 amide bonds. The smallest absolute Gasteiger partial charge is 0.150 e. The summed E-state index contributed by atoms with van der Waals surface area (Å²) in [6.07, 6.45) is 5.08. The van der Waals surface area contributed by atoms with Crippen molar-refractivity contribution in [1.29, 1.82) is 0 Å². The minimum absolute atomic E-state index is 0.113. The molecule has 0 bridgehead atoms. The van der Waals surface area contributed by atoms with Crippen LogP contribution in [0.1, 0.15) is 31.6 Å². The lowest BCUT2D eigenvalue weighted by atomic mass is 10.1. The molecule has 1 atom stereocenters. The average molecular weight is 259 g/mol. The number of hydrogen-bond acceptors (Lipinski definition) is 4. The van der Waals surface area contributed by atoms with Gasteiger partial charge in [0.25, 0.3) is 0 Å². The minimum Gasteiger partial charge on any atom is -0.337 e. The lowest BCUT2D eigenvalue weighted by Gasteiger charge is -2.15. The SMILES string of the molecule is CCS(=O)(=O)CCCC(NC)c1nccn1C. The minimum atomic E-state index is -2.86. The second-order valence-corrected chi connectivity index (χ2v) is 6.59. The quantitative estimate of drug-likeness (QED) is 0.790. The molecule has 1 unspecified atom stereocenters. The molecule has 1 heterocycles. The number of rotatable bonds is 7. The molecule has 5 nitrogen and oxygen atoms in total. The normalized spacial score (nSPS) is 13.8. The maximum atomic E-state index is 11.4. The maximum Gasteiger partial charge on any atom is 0.150 e. The van der Waals surface area contributed by atoms with Crippen molar-refractivity contribution in [2.75, 3.05) is 18.6 Å². The fraction of sp³-hybridized carbons (Fsp3) is 0.727. The van der Waals surface area contributed by atoms with Crippen LogP contribution in [0.4, 0.5) is 0 Å². The first-order valence-electron chi connectivity index (χ1n) is 5.85. The van der Waals surface area contributed by atoms with Gasteiger partial charge in [-0.05, 0) is 19.9 Å². The molecule has 1 rings (SSSR count). The van der Waals surface area contributed by atoms with Gasteiger partial charge >= 0.3 is 0 Å². The van der Waals surface area contributed by atoms with Crippen molar-refractivity contribution >= 4 is 9.84 Å². The molecular formula is C11H21N3O2S. The zero-order valence-electron chi connectivity index (χ0n) is 10.7. The Balaban J connectivity index is 2.52. The molecule has 0 saturated heterocycles. The van der Waals surface area contributed by atoms with Crippen LogP contribution in [0.15, 0.2) is 12.4 Å². The third-order valence-electron chi connectivity index (χ3n) is 2.91. The number of sulfone groups is 1. The fourth-order valence-corrected chi connectivity index (χ4v) is 2.66. The molecule has 1 N–H and O–H groups in total. The third-order valence-corrected chi connectivity index (χ3v) is 4.70. The van der Waals surface area contributed by atoms with E-state index < -0.39 is 9.84 Å². The molecule has 1 aromatic heterocycles. The summed E-state index contributed by atoms with van der Waals surface area (Å²) in [7, 11) is 0.951. The van der Waals surface area contributed by atoms with Crippen LogP contribution < -0.4 is 5.32 Å². The van der Waals surface area contributed by atoms with Gasteiger partial charge < -0.3 is 9.88 Å². The number of nitrogens with zero attached hydrogens (tertiary/aromatic N) is 2. The zero-order chi connectivity index (χ0) is 12.9.